The number of nitrogens with zero attached hydrogens (tertiary/aromatic N) is 1. The predicted octanol–water partition coefficient (Wildman–Crippen LogP) is 3.13. The predicted molar refractivity (Wildman–Crippen MR) is 65.9 cm³/mol. The van der Waals surface area contributed by atoms with Crippen LogP contribution >= 0.6 is 21.6 Å². The van der Waals surface area contributed by atoms with E-state index in [2.05, 4.69) is 4.98 Å². The average molecular weight is 241 g/mol. The lowest BCUT2D eigenvalue weighted by Gasteiger charge is -2.26. The van der Waals surface area contributed by atoms with E-state index >= 15 is 0 Å². The van der Waals surface area contributed by atoms with Gasteiger partial charge in [0.15, 0.2) is 0 Å². The van der Waals surface area contributed by atoms with Crippen molar-refractivity contribution in [2.75, 3.05) is 0 Å². The zero-order valence-corrected chi connectivity index (χ0v) is 10.1. The van der Waals surface area contributed by atoms with Crippen LogP contribution in [0, 0.1) is 0 Å². The first-order valence-electron chi connectivity index (χ1n) is 5.29. The molecule has 1 saturated carbocycles. The van der Waals surface area contributed by atoms with Crippen molar-refractivity contribution < 1.29 is 5.11 Å². The molecule has 2 nitrogen and oxygen atoms in total. The molecule has 2 atom stereocenters. The third-order valence-electron chi connectivity index (χ3n) is 2.56. The number of rotatable bonds is 3. The zero-order chi connectivity index (χ0) is 10.5. The molecule has 0 aliphatic heterocycles. The quantitative estimate of drug-likeness (QED) is 0.824. The van der Waals surface area contributed by atoms with Crippen LogP contribution in [-0.4, -0.2) is 21.4 Å². The second kappa shape index (κ2) is 5.77. The Kier molecular flexibility index (Phi) is 4.35. The lowest BCUT2D eigenvalue weighted by Crippen LogP contribution is -2.25. The first-order valence-corrected chi connectivity index (χ1v) is 7.50. The molecule has 0 spiro atoms. The molecule has 1 N–H and O–H groups in total. The Morgan fingerprint density at radius 1 is 1.27 bits per heavy atom. The summed E-state index contributed by atoms with van der Waals surface area (Å²) in [6.07, 6.45) is 6.19. The summed E-state index contributed by atoms with van der Waals surface area (Å²) in [4.78, 5) is 4.25. The van der Waals surface area contributed by atoms with E-state index < -0.39 is 0 Å². The highest BCUT2D eigenvalue weighted by Gasteiger charge is 2.23. The summed E-state index contributed by atoms with van der Waals surface area (Å²) in [5.41, 5.74) is 0. The maximum Gasteiger partial charge on any atom is 0.106 e. The molecule has 0 amide bonds. The van der Waals surface area contributed by atoms with E-state index in [1.54, 1.807) is 27.8 Å². The van der Waals surface area contributed by atoms with Crippen molar-refractivity contribution in [1.82, 2.24) is 4.98 Å². The molecular formula is C11H15NOS2. The minimum absolute atomic E-state index is 0.125. The van der Waals surface area contributed by atoms with Gasteiger partial charge in [0, 0.05) is 11.4 Å². The van der Waals surface area contributed by atoms with Gasteiger partial charge in [-0.15, -0.1) is 0 Å². The van der Waals surface area contributed by atoms with Gasteiger partial charge < -0.3 is 5.11 Å². The van der Waals surface area contributed by atoms with Gasteiger partial charge in [-0.05, 0) is 35.8 Å². The van der Waals surface area contributed by atoms with Crippen molar-refractivity contribution in [2.45, 2.75) is 42.1 Å². The maximum atomic E-state index is 9.79. The number of hydrogen-bond donors (Lipinski definition) is 1. The molecule has 1 aromatic rings. The standard InChI is InChI=1S/C11H15NOS2/c13-9-5-1-2-6-10(9)14-15-11-7-3-4-8-12-11/h3-4,7-10,13H,1-2,5-6H2/t9?,10-/m0/s1. The van der Waals surface area contributed by atoms with Crippen LogP contribution in [0.3, 0.4) is 0 Å². The van der Waals surface area contributed by atoms with Crippen LogP contribution < -0.4 is 0 Å². The Labute approximate surface area is 98.3 Å². The highest BCUT2D eigenvalue weighted by Crippen LogP contribution is 2.39. The molecule has 2 rings (SSSR count). The molecule has 82 valence electrons. The Bertz CT molecular complexity index is 294. The molecule has 1 aliphatic rings. The Balaban J connectivity index is 1.82. The Hall–Kier alpha value is -0.190. The molecule has 1 heterocycles. The smallest absolute Gasteiger partial charge is 0.106 e. The summed E-state index contributed by atoms with van der Waals surface area (Å²) in [7, 11) is 3.44. The highest BCUT2D eigenvalue weighted by atomic mass is 33.1. The first-order chi connectivity index (χ1) is 7.36. The van der Waals surface area contributed by atoms with Crippen molar-refractivity contribution in [3.8, 4) is 0 Å². The van der Waals surface area contributed by atoms with Gasteiger partial charge in [-0.25, -0.2) is 4.98 Å². The lowest BCUT2D eigenvalue weighted by molar-refractivity contribution is 0.137. The van der Waals surface area contributed by atoms with Crippen LogP contribution in [0.15, 0.2) is 29.4 Å². The molecule has 1 aliphatic carbocycles. The molecule has 0 bridgehead atoms. The van der Waals surface area contributed by atoms with Crippen molar-refractivity contribution in [1.29, 1.82) is 0 Å². The van der Waals surface area contributed by atoms with Crippen LogP contribution in [0.5, 0.6) is 0 Å². The Morgan fingerprint density at radius 2 is 2.13 bits per heavy atom. The van der Waals surface area contributed by atoms with Crippen LogP contribution in [0.2, 0.25) is 0 Å². The third-order valence-corrected chi connectivity index (χ3v) is 5.41. The fraction of sp³-hybridized carbons (Fsp3) is 0.545. The second-order valence-electron chi connectivity index (χ2n) is 3.74. The summed E-state index contributed by atoms with van der Waals surface area (Å²) in [5.74, 6) is 0. The normalized spacial score (nSPS) is 26.5. The summed E-state index contributed by atoms with van der Waals surface area (Å²) in [6.45, 7) is 0. The van der Waals surface area contributed by atoms with Crippen LogP contribution in [-0.2, 0) is 0 Å². The Morgan fingerprint density at radius 3 is 2.87 bits per heavy atom. The van der Waals surface area contributed by atoms with Gasteiger partial charge in [-0.3, -0.25) is 0 Å². The van der Waals surface area contributed by atoms with Gasteiger partial charge in [-0.1, -0.05) is 29.7 Å². The van der Waals surface area contributed by atoms with E-state index in [1.807, 2.05) is 18.2 Å². The minimum Gasteiger partial charge on any atom is -0.392 e. The number of aromatic nitrogens is 1. The van der Waals surface area contributed by atoms with Gasteiger partial charge in [-0.2, -0.15) is 0 Å². The molecule has 0 aromatic carbocycles. The summed E-state index contributed by atoms with van der Waals surface area (Å²) >= 11 is 0. The molecular weight excluding hydrogens is 226 g/mol. The van der Waals surface area contributed by atoms with E-state index in [9.17, 15) is 5.11 Å². The molecule has 4 heteroatoms. The molecule has 0 saturated heterocycles. The summed E-state index contributed by atoms with van der Waals surface area (Å²) in [6, 6.07) is 5.92. The maximum absolute atomic E-state index is 9.79. The monoisotopic (exact) mass is 241 g/mol. The minimum atomic E-state index is -0.125. The molecule has 0 radical (unpaired) electrons. The molecule has 15 heavy (non-hydrogen) atoms. The van der Waals surface area contributed by atoms with Crippen molar-refractivity contribution in [3.63, 3.8) is 0 Å². The van der Waals surface area contributed by atoms with Crippen molar-refractivity contribution in [2.24, 2.45) is 0 Å². The zero-order valence-electron chi connectivity index (χ0n) is 8.50. The largest absolute Gasteiger partial charge is 0.392 e. The number of aliphatic hydroxyl groups excluding tert-OH is 1. The molecule has 1 aromatic heterocycles. The van der Waals surface area contributed by atoms with Gasteiger partial charge >= 0.3 is 0 Å². The van der Waals surface area contributed by atoms with Crippen LogP contribution in [0.4, 0.5) is 0 Å². The average Bonchev–Trinajstić information content (AvgIpc) is 2.29. The van der Waals surface area contributed by atoms with E-state index in [0.717, 1.165) is 17.9 Å². The van der Waals surface area contributed by atoms with Gasteiger partial charge in [0.05, 0.1) is 6.10 Å². The second-order valence-corrected chi connectivity index (χ2v) is 6.20. The van der Waals surface area contributed by atoms with E-state index in [0.29, 0.717) is 5.25 Å². The van der Waals surface area contributed by atoms with E-state index in [1.165, 1.54) is 12.8 Å². The van der Waals surface area contributed by atoms with Gasteiger partial charge in [0.1, 0.15) is 5.03 Å². The number of aliphatic hydroxyl groups is 1. The fourth-order valence-electron chi connectivity index (χ4n) is 1.70. The van der Waals surface area contributed by atoms with E-state index in [4.69, 9.17) is 0 Å². The van der Waals surface area contributed by atoms with Gasteiger partial charge in [0.25, 0.3) is 0 Å². The fourth-order valence-corrected chi connectivity index (χ4v) is 4.32. The van der Waals surface area contributed by atoms with Gasteiger partial charge in [0.2, 0.25) is 0 Å². The number of hydrogen-bond acceptors (Lipinski definition) is 4. The first kappa shape index (κ1) is 11.3. The third kappa shape index (κ3) is 3.40. The molecule has 1 unspecified atom stereocenters. The van der Waals surface area contributed by atoms with Crippen LogP contribution in [0.1, 0.15) is 25.7 Å². The highest BCUT2D eigenvalue weighted by molar-refractivity contribution is 8.76. The SMILES string of the molecule is OC1CCCC[C@@H]1SSc1ccccn1. The van der Waals surface area contributed by atoms with Crippen LogP contribution in [0.25, 0.3) is 0 Å². The molecule has 1 fully saturated rings. The van der Waals surface area contributed by atoms with Crippen molar-refractivity contribution >= 4 is 21.6 Å². The summed E-state index contributed by atoms with van der Waals surface area (Å²) < 4.78 is 0. The lowest BCUT2D eigenvalue weighted by atomic mass is 9.97. The summed E-state index contributed by atoms with van der Waals surface area (Å²) in [5, 5.41) is 11.2. The van der Waals surface area contributed by atoms with E-state index in [-0.39, 0.29) is 6.10 Å². The van der Waals surface area contributed by atoms with Crippen molar-refractivity contribution in [3.05, 3.63) is 24.4 Å². The number of pyridine rings is 1. The topological polar surface area (TPSA) is 33.1 Å².